The Morgan fingerprint density at radius 3 is 2.19 bits per heavy atom. The van der Waals surface area contributed by atoms with Crippen LogP contribution in [0.4, 0.5) is 0 Å². The average molecular weight is 247 g/mol. The van der Waals surface area contributed by atoms with Gasteiger partial charge < -0.3 is 5.73 Å². The van der Waals surface area contributed by atoms with Crippen LogP contribution in [0, 0.1) is 0 Å². The fourth-order valence-electron chi connectivity index (χ4n) is 2.39. The van der Waals surface area contributed by atoms with Crippen LogP contribution < -0.4 is 10.5 Å². The molecule has 0 radical (unpaired) electrons. The molecule has 0 aromatic rings. The average Bonchev–Trinajstić information content (AvgIpc) is 2.25. The van der Waals surface area contributed by atoms with Gasteiger partial charge in [-0.2, -0.15) is 17.4 Å². The van der Waals surface area contributed by atoms with Crippen LogP contribution in [0.25, 0.3) is 0 Å². The maximum absolute atomic E-state index is 12.1. The normalized spacial score (nSPS) is 26.3. The van der Waals surface area contributed by atoms with Crippen LogP contribution in [0.1, 0.15) is 38.5 Å². The van der Waals surface area contributed by atoms with E-state index in [4.69, 9.17) is 5.73 Å². The third kappa shape index (κ3) is 2.40. The molecule has 1 heterocycles. The molecule has 1 saturated carbocycles. The van der Waals surface area contributed by atoms with Gasteiger partial charge in [0.15, 0.2) is 0 Å². The molecule has 6 heteroatoms. The largest absolute Gasteiger partial charge is 0.329 e. The highest BCUT2D eigenvalue weighted by atomic mass is 32.2. The molecule has 5 nitrogen and oxygen atoms in total. The lowest BCUT2D eigenvalue weighted by Gasteiger charge is -2.42. The Kier molecular flexibility index (Phi) is 3.53. The lowest BCUT2D eigenvalue weighted by atomic mass is 9.78. The van der Waals surface area contributed by atoms with Gasteiger partial charge >= 0.3 is 0 Å². The zero-order chi connectivity index (χ0) is 11.6. The fourth-order valence-corrected chi connectivity index (χ4v) is 4.10. The molecule has 16 heavy (non-hydrogen) atoms. The summed E-state index contributed by atoms with van der Waals surface area (Å²) < 4.78 is 28.6. The number of hydrogen-bond acceptors (Lipinski definition) is 3. The van der Waals surface area contributed by atoms with E-state index in [0.29, 0.717) is 19.6 Å². The van der Waals surface area contributed by atoms with Crippen molar-refractivity contribution in [3.63, 3.8) is 0 Å². The summed E-state index contributed by atoms with van der Waals surface area (Å²) in [5.41, 5.74) is 5.31. The van der Waals surface area contributed by atoms with Crippen LogP contribution in [0.15, 0.2) is 0 Å². The van der Waals surface area contributed by atoms with E-state index in [0.717, 1.165) is 38.5 Å². The molecule has 3 N–H and O–H groups in total. The van der Waals surface area contributed by atoms with Gasteiger partial charge in [-0.25, -0.2) is 0 Å². The van der Waals surface area contributed by atoms with Crippen LogP contribution in [0.5, 0.6) is 0 Å². The second kappa shape index (κ2) is 4.60. The van der Waals surface area contributed by atoms with Crippen LogP contribution in [-0.2, 0) is 10.2 Å². The van der Waals surface area contributed by atoms with Gasteiger partial charge in [0, 0.05) is 25.2 Å². The summed E-state index contributed by atoms with van der Waals surface area (Å²) >= 11 is 0. The quantitative estimate of drug-likeness (QED) is 0.744. The van der Waals surface area contributed by atoms with Crippen molar-refractivity contribution in [1.82, 2.24) is 9.03 Å². The summed E-state index contributed by atoms with van der Waals surface area (Å²) in [6.07, 6.45) is 5.88. The molecule has 1 aliphatic carbocycles. The summed E-state index contributed by atoms with van der Waals surface area (Å²) in [6, 6.07) is 0. The van der Waals surface area contributed by atoms with Gasteiger partial charge in [0.25, 0.3) is 10.2 Å². The second-order valence-electron chi connectivity index (χ2n) is 4.90. The molecule has 0 spiro atoms. The van der Waals surface area contributed by atoms with Crippen molar-refractivity contribution in [3.05, 3.63) is 0 Å². The summed E-state index contributed by atoms with van der Waals surface area (Å²) in [4.78, 5) is 0. The van der Waals surface area contributed by atoms with Crippen LogP contribution in [-0.4, -0.2) is 37.9 Å². The number of nitrogens with two attached hydrogens (primary N) is 1. The molecule has 0 amide bonds. The topological polar surface area (TPSA) is 75.4 Å². The smallest absolute Gasteiger partial charge is 0.279 e. The molecule has 2 fully saturated rings. The van der Waals surface area contributed by atoms with Crippen molar-refractivity contribution >= 4 is 10.2 Å². The Morgan fingerprint density at radius 2 is 1.75 bits per heavy atom. The van der Waals surface area contributed by atoms with Crippen molar-refractivity contribution in [3.8, 4) is 0 Å². The summed E-state index contributed by atoms with van der Waals surface area (Å²) in [7, 11) is -3.31. The summed E-state index contributed by atoms with van der Waals surface area (Å²) in [5, 5.41) is 0. The van der Waals surface area contributed by atoms with E-state index in [1.165, 1.54) is 0 Å². The summed E-state index contributed by atoms with van der Waals surface area (Å²) in [5.74, 6) is 0. The van der Waals surface area contributed by atoms with Crippen molar-refractivity contribution in [2.45, 2.75) is 44.1 Å². The number of nitrogens with zero attached hydrogens (tertiary/aromatic N) is 1. The van der Waals surface area contributed by atoms with Crippen LogP contribution in [0.2, 0.25) is 0 Å². The highest BCUT2D eigenvalue weighted by Crippen LogP contribution is 2.32. The minimum atomic E-state index is -3.31. The summed E-state index contributed by atoms with van der Waals surface area (Å²) in [6.45, 7) is 1.70. The molecule has 1 saturated heterocycles. The van der Waals surface area contributed by atoms with E-state index < -0.39 is 10.2 Å². The van der Waals surface area contributed by atoms with E-state index >= 15 is 0 Å². The molecule has 0 bridgehead atoms. The Hall–Kier alpha value is -0.170. The first kappa shape index (κ1) is 12.3. The van der Waals surface area contributed by atoms with Crippen molar-refractivity contribution < 1.29 is 8.42 Å². The first-order valence-corrected chi connectivity index (χ1v) is 7.51. The minimum Gasteiger partial charge on any atom is -0.329 e. The van der Waals surface area contributed by atoms with Crippen molar-refractivity contribution in [1.29, 1.82) is 0 Å². The van der Waals surface area contributed by atoms with E-state index in [2.05, 4.69) is 4.72 Å². The monoisotopic (exact) mass is 247 g/mol. The first-order chi connectivity index (χ1) is 7.58. The number of piperidine rings is 1. The highest BCUT2D eigenvalue weighted by Gasteiger charge is 2.40. The molecule has 94 valence electrons. The van der Waals surface area contributed by atoms with Crippen molar-refractivity contribution in [2.75, 3.05) is 19.6 Å². The molecular weight excluding hydrogens is 226 g/mol. The lowest BCUT2D eigenvalue weighted by Crippen LogP contribution is -2.61. The molecule has 0 aromatic carbocycles. The highest BCUT2D eigenvalue weighted by molar-refractivity contribution is 7.87. The third-order valence-corrected chi connectivity index (χ3v) is 5.44. The maximum Gasteiger partial charge on any atom is 0.279 e. The predicted molar refractivity (Wildman–Crippen MR) is 63.1 cm³/mol. The zero-order valence-corrected chi connectivity index (χ0v) is 10.4. The number of rotatable bonds is 4. The molecule has 1 aliphatic heterocycles. The van der Waals surface area contributed by atoms with Gasteiger partial charge in [-0.15, -0.1) is 0 Å². The standard InChI is InChI=1S/C10H21N3O2S/c11-9-10(5-4-6-10)12-16(14,15)13-7-2-1-3-8-13/h12H,1-9,11H2. The van der Waals surface area contributed by atoms with E-state index in [9.17, 15) is 8.42 Å². The van der Waals surface area contributed by atoms with Crippen LogP contribution in [0.3, 0.4) is 0 Å². The van der Waals surface area contributed by atoms with E-state index in [1.54, 1.807) is 4.31 Å². The Labute approximate surface area is 97.6 Å². The predicted octanol–water partition coefficient (Wildman–Crippen LogP) is 0.188. The molecule has 0 atom stereocenters. The lowest BCUT2D eigenvalue weighted by molar-refractivity contribution is 0.221. The second-order valence-corrected chi connectivity index (χ2v) is 6.58. The van der Waals surface area contributed by atoms with Gasteiger partial charge in [-0.3, -0.25) is 0 Å². The molecule has 0 unspecified atom stereocenters. The number of nitrogens with one attached hydrogen (secondary N) is 1. The SMILES string of the molecule is NCC1(NS(=O)(=O)N2CCCCC2)CCC1. The van der Waals surface area contributed by atoms with Crippen LogP contribution >= 0.6 is 0 Å². The Morgan fingerprint density at radius 1 is 1.12 bits per heavy atom. The van der Waals surface area contributed by atoms with Gasteiger partial charge in [0.05, 0.1) is 0 Å². The van der Waals surface area contributed by atoms with Gasteiger partial charge in [0.1, 0.15) is 0 Å². The minimum absolute atomic E-state index is 0.351. The molecular formula is C10H21N3O2S. The first-order valence-electron chi connectivity index (χ1n) is 6.07. The number of hydrogen-bond donors (Lipinski definition) is 2. The van der Waals surface area contributed by atoms with E-state index in [-0.39, 0.29) is 5.54 Å². The Balaban J connectivity index is 2.01. The Bertz CT molecular complexity index is 326. The maximum atomic E-state index is 12.1. The zero-order valence-electron chi connectivity index (χ0n) is 9.61. The van der Waals surface area contributed by atoms with Gasteiger partial charge in [0.2, 0.25) is 0 Å². The fraction of sp³-hybridized carbons (Fsp3) is 1.00. The van der Waals surface area contributed by atoms with E-state index in [1.807, 2.05) is 0 Å². The third-order valence-electron chi connectivity index (χ3n) is 3.70. The molecule has 0 aromatic heterocycles. The van der Waals surface area contributed by atoms with Gasteiger partial charge in [-0.1, -0.05) is 6.42 Å². The molecule has 2 aliphatic rings. The molecule has 2 rings (SSSR count). The van der Waals surface area contributed by atoms with Gasteiger partial charge in [-0.05, 0) is 32.1 Å². The van der Waals surface area contributed by atoms with Crippen molar-refractivity contribution in [2.24, 2.45) is 5.73 Å².